The third-order valence-electron chi connectivity index (χ3n) is 14.7. The van der Waals surface area contributed by atoms with Crippen molar-refractivity contribution in [1.29, 1.82) is 0 Å². The highest BCUT2D eigenvalue weighted by Crippen LogP contribution is 2.77. The molecule has 0 unspecified atom stereocenters. The van der Waals surface area contributed by atoms with Gasteiger partial charge in [0.15, 0.2) is 0 Å². The van der Waals surface area contributed by atoms with Gasteiger partial charge in [-0.3, -0.25) is 9.59 Å². The van der Waals surface area contributed by atoms with Gasteiger partial charge in [-0.25, -0.2) is 0 Å². The number of carbonyl (C=O) groups excluding carboxylic acids is 1. The normalized spacial score (nSPS) is 43.0. The molecule has 5 aliphatic rings. The number of aliphatic carboxylic acids is 1. The van der Waals surface area contributed by atoms with Gasteiger partial charge in [-0.05, 0) is 139 Å². The monoisotopic (exact) mass is 584 g/mol. The highest BCUT2D eigenvalue weighted by molar-refractivity contribution is 5.76. The van der Waals surface area contributed by atoms with Gasteiger partial charge in [-0.1, -0.05) is 77.1 Å². The second-order valence-corrected chi connectivity index (χ2v) is 16.3. The lowest BCUT2D eigenvalue weighted by molar-refractivity contribution is -0.227. The van der Waals surface area contributed by atoms with Crippen LogP contribution in [0.5, 0.6) is 0 Å². The van der Waals surface area contributed by atoms with E-state index < -0.39 is 11.4 Å². The summed E-state index contributed by atoms with van der Waals surface area (Å²) in [5.41, 5.74) is 5.01. The van der Waals surface area contributed by atoms with Crippen LogP contribution >= 0.6 is 0 Å². The maximum atomic E-state index is 12.9. The van der Waals surface area contributed by atoms with Crippen molar-refractivity contribution in [3.8, 4) is 0 Å². The molecule has 0 aliphatic heterocycles. The number of benzene rings is 1. The van der Waals surface area contributed by atoms with Crippen LogP contribution < -0.4 is 0 Å². The topological polar surface area (TPSA) is 63.6 Å². The first-order valence-electron chi connectivity index (χ1n) is 16.7. The molecule has 0 amide bonds. The molecule has 0 bridgehead atoms. The fourth-order valence-corrected chi connectivity index (χ4v) is 12.5. The predicted octanol–water partition coefficient (Wildman–Crippen LogP) is 9.57. The Labute approximate surface area is 259 Å². The number of ether oxygens (including phenoxy) is 1. The molecule has 4 saturated carbocycles. The Morgan fingerprint density at radius 3 is 2.30 bits per heavy atom. The van der Waals surface area contributed by atoms with E-state index in [0.29, 0.717) is 30.1 Å². The molecule has 1 N–H and O–H groups in total. The Balaban J connectivity index is 1.33. The summed E-state index contributed by atoms with van der Waals surface area (Å²) in [4.78, 5) is 23.4. The molecule has 1 aromatic carbocycles. The Morgan fingerprint density at radius 2 is 1.65 bits per heavy atom. The molecule has 4 fully saturated rings. The van der Waals surface area contributed by atoms with Crippen LogP contribution in [0.4, 0.5) is 0 Å². The summed E-state index contributed by atoms with van der Waals surface area (Å²) in [6.45, 7) is 19.7. The lowest BCUT2D eigenvalue weighted by Crippen LogP contribution is -2.65. The van der Waals surface area contributed by atoms with Gasteiger partial charge < -0.3 is 9.84 Å². The molecule has 232 valence electrons. The van der Waals surface area contributed by atoms with Crippen LogP contribution in [0.1, 0.15) is 110 Å². The van der Waals surface area contributed by atoms with E-state index in [1.165, 1.54) is 42.2 Å². The average Bonchev–Trinajstić information content (AvgIpc) is 3.36. The summed E-state index contributed by atoms with van der Waals surface area (Å²) in [5.74, 6) is 1.69. The van der Waals surface area contributed by atoms with Crippen LogP contribution in [-0.2, 0) is 14.3 Å². The van der Waals surface area contributed by atoms with E-state index in [9.17, 15) is 14.7 Å². The number of hydrogen-bond acceptors (Lipinski definition) is 3. The molecule has 6 rings (SSSR count). The van der Waals surface area contributed by atoms with Crippen LogP contribution in [0, 0.1) is 56.7 Å². The zero-order valence-corrected chi connectivity index (χ0v) is 27.2. The Morgan fingerprint density at radius 1 is 0.930 bits per heavy atom. The van der Waals surface area contributed by atoms with Crippen molar-refractivity contribution in [3.63, 3.8) is 0 Å². The molecular weight excluding hydrogens is 532 g/mol. The number of carboxylic acid groups (broad SMARTS) is 1. The molecule has 9 atom stereocenters. The van der Waals surface area contributed by atoms with Crippen molar-refractivity contribution in [2.24, 2.45) is 56.7 Å². The molecule has 43 heavy (non-hydrogen) atoms. The number of carbonyl (C=O) groups is 2. The van der Waals surface area contributed by atoms with Gasteiger partial charge in [0.05, 0.1) is 11.7 Å². The minimum atomic E-state index is -0.560. The van der Waals surface area contributed by atoms with Gasteiger partial charge in [0.1, 0.15) is 0 Å². The van der Waals surface area contributed by atoms with Crippen molar-refractivity contribution in [2.75, 3.05) is 0 Å². The molecular formula is C39H52O4. The largest absolute Gasteiger partial charge is 0.481 e. The highest BCUT2D eigenvalue weighted by atomic mass is 16.5. The number of fused-ring (bicyclic) bond motifs is 7. The molecule has 0 aromatic heterocycles. The number of hydrogen-bond donors (Lipinski definition) is 1. The van der Waals surface area contributed by atoms with Gasteiger partial charge in [0.25, 0.3) is 6.47 Å². The zero-order valence-electron chi connectivity index (χ0n) is 27.2. The van der Waals surface area contributed by atoms with Crippen molar-refractivity contribution in [2.45, 2.75) is 99.3 Å². The fourth-order valence-electron chi connectivity index (χ4n) is 12.5. The van der Waals surface area contributed by atoms with Crippen molar-refractivity contribution in [3.05, 3.63) is 59.9 Å². The minimum Gasteiger partial charge on any atom is -0.481 e. The molecule has 5 aliphatic carbocycles. The standard InChI is InChI=1S/C39H52O4/c1-25(2)28-14-20-39(34(41)42)22-21-37(6)30(33(28)39)12-13-32-36(5)18-15-29(35(3,4)31(36)16-19-38(32,37)7)27-10-8-26(9-11-27)17-23-43-24-40/h8-11,15,17,23-24,28,30-33H,1,12-14,16,18-22H2,2-7H3,(H,41,42)/b23-17+/t28-,30+,31-,32+,33+,36-,37+,38+,39-/m0/s1. The van der Waals surface area contributed by atoms with E-state index in [2.05, 4.69) is 78.5 Å². The first-order chi connectivity index (χ1) is 20.3. The molecule has 0 spiro atoms. The van der Waals surface area contributed by atoms with Crippen LogP contribution in [0.3, 0.4) is 0 Å². The Hall–Kier alpha value is -2.62. The number of rotatable bonds is 6. The second-order valence-electron chi connectivity index (χ2n) is 16.3. The van der Waals surface area contributed by atoms with Gasteiger partial charge in [0.2, 0.25) is 0 Å². The summed E-state index contributed by atoms with van der Waals surface area (Å²) in [6, 6.07) is 8.64. The van der Waals surface area contributed by atoms with Crippen molar-refractivity contribution < 1.29 is 19.4 Å². The maximum absolute atomic E-state index is 12.9. The lowest BCUT2D eigenvalue weighted by atomic mass is 9.32. The van der Waals surface area contributed by atoms with E-state index in [1.807, 2.05) is 6.08 Å². The molecule has 1 aromatic rings. The molecule has 4 heteroatoms. The quantitative estimate of drug-likeness (QED) is 0.205. The smallest absolute Gasteiger partial charge is 0.309 e. The zero-order chi connectivity index (χ0) is 31.0. The summed E-state index contributed by atoms with van der Waals surface area (Å²) >= 11 is 0. The predicted molar refractivity (Wildman–Crippen MR) is 173 cm³/mol. The third kappa shape index (κ3) is 4.13. The fraction of sp³-hybridized carbons (Fsp3) is 0.641. The van der Waals surface area contributed by atoms with Gasteiger partial charge in [-0.2, -0.15) is 0 Å². The van der Waals surface area contributed by atoms with Gasteiger partial charge in [-0.15, -0.1) is 0 Å². The second kappa shape index (κ2) is 10.2. The number of carboxylic acids is 1. The lowest BCUT2D eigenvalue weighted by Gasteiger charge is -2.72. The van der Waals surface area contributed by atoms with Gasteiger partial charge >= 0.3 is 5.97 Å². The van der Waals surface area contributed by atoms with E-state index >= 15 is 0 Å². The molecule has 0 radical (unpaired) electrons. The molecule has 0 heterocycles. The Bertz CT molecular complexity index is 1370. The summed E-state index contributed by atoms with van der Waals surface area (Å²) < 4.78 is 4.73. The first-order valence-corrected chi connectivity index (χ1v) is 16.7. The first kappa shape index (κ1) is 30.4. The SMILES string of the molecule is C=C(C)[C@@H]1CC[C@]2(C(=O)O)CC[C@]3(C)[C@H](CC[C@@H]4[C@@]5(C)CC=C(c6ccc(/C=C/OC=O)cc6)C(C)(C)[C@@H]5CC[C@]43C)[C@@H]12. The summed E-state index contributed by atoms with van der Waals surface area (Å²) in [7, 11) is 0. The van der Waals surface area contributed by atoms with E-state index in [1.54, 1.807) is 0 Å². The maximum Gasteiger partial charge on any atom is 0.309 e. The van der Waals surface area contributed by atoms with Crippen molar-refractivity contribution >= 4 is 24.1 Å². The highest BCUT2D eigenvalue weighted by Gasteiger charge is 2.71. The van der Waals surface area contributed by atoms with E-state index in [0.717, 1.165) is 44.1 Å². The summed E-state index contributed by atoms with van der Waals surface area (Å²) in [6.07, 6.45) is 15.4. The minimum absolute atomic E-state index is 0.0472. The third-order valence-corrected chi connectivity index (χ3v) is 14.7. The van der Waals surface area contributed by atoms with Crippen molar-refractivity contribution in [1.82, 2.24) is 0 Å². The summed E-state index contributed by atoms with van der Waals surface area (Å²) in [5, 5.41) is 10.6. The Kier molecular flexibility index (Phi) is 7.22. The average molecular weight is 585 g/mol. The van der Waals surface area contributed by atoms with Crippen LogP contribution in [0.2, 0.25) is 0 Å². The van der Waals surface area contributed by atoms with Crippen LogP contribution in [0.25, 0.3) is 11.6 Å². The van der Waals surface area contributed by atoms with Gasteiger partial charge in [0, 0.05) is 0 Å². The van der Waals surface area contributed by atoms with Crippen LogP contribution in [-0.4, -0.2) is 17.5 Å². The van der Waals surface area contributed by atoms with Crippen LogP contribution in [0.15, 0.2) is 48.8 Å². The van der Waals surface area contributed by atoms with E-state index in [4.69, 9.17) is 4.74 Å². The molecule has 4 nitrogen and oxygen atoms in total. The number of allylic oxidation sites excluding steroid dienone is 3. The van der Waals surface area contributed by atoms with E-state index in [-0.39, 0.29) is 27.6 Å². The molecule has 0 saturated heterocycles.